The largest absolute Gasteiger partial charge is 0.325 e. The number of nitrogens with zero attached hydrogens (tertiary/aromatic N) is 2. The van der Waals surface area contributed by atoms with E-state index in [9.17, 15) is 4.79 Å². The van der Waals surface area contributed by atoms with Gasteiger partial charge in [0.05, 0.1) is 11.4 Å². The lowest BCUT2D eigenvalue weighted by Gasteiger charge is -2.12. The molecule has 4 aromatic rings. The van der Waals surface area contributed by atoms with Gasteiger partial charge in [-0.1, -0.05) is 84.1 Å². The number of anilines is 1. The molecule has 0 unspecified atom stereocenters. The van der Waals surface area contributed by atoms with Crippen LogP contribution in [0, 0.1) is 20.8 Å². The van der Waals surface area contributed by atoms with E-state index in [0.717, 1.165) is 33.1 Å². The zero-order valence-electron chi connectivity index (χ0n) is 18.4. The van der Waals surface area contributed by atoms with E-state index >= 15 is 0 Å². The Labute approximate surface area is 193 Å². The average molecular weight is 440 g/mol. The number of benzene rings is 3. The van der Waals surface area contributed by atoms with Gasteiger partial charge in [0, 0.05) is 11.3 Å². The molecule has 1 heterocycles. The number of carbonyl (C=O) groups excluding carboxylic acids is 1. The van der Waals surface area contributed by atoms with Crippen LogP contribution in [0.25, 0.3) is 22.4 Å². The fourth-order valence-corrected chi connectivity index (χ4v) is 4.32. The second-order valence-corrected chi connectivity index (χ2v) is 8.81. The van der Waals surface area contributed by atoms with Crippen LogP contribution in [0.3, 0.4) is 0 Å². The monoisotopic (exact) mass is 439 g/mol. The predicted molar refractivity (Wildman–Crippen MR) is 133 cm³/mol. The second-order valence-electron chi connectivity index (χ2n) is 7.81. The highest BCUT2D eigenvalue weighted by atomic mass is 32.2. The third-order valence-corrected chi connectivity index (χ3v) is 6.14. The van der Waals surface area contributed by atoms with Gasteiger partial charge in [-0.3, -0.25) is 4.79 Å². The molecule has 1 aromatic heterocycles. The summed E-state index contributed by atoms with van der Waals surface area (Å²) in [5.74, 6) is 0.236. The third kappa shape index (κ3) is 5.24. The van der Waals surface area contributed by atoms with Crippen molar-refractivity contribution in [1.29, 1.82) is 0 Å². The molecule has 1 amide bonds. The first-order chi connectivity index (χ1) is 15.5. The highest BCUT2D eigenvalue weighted by molar-refractivity contribution is 7.99. The van der Waals surface area contributed by atoms with Crippen LogP contribution in [-0.4, -0.2) is 21.9 Å². The summed E-state index contributed by atoms with van der Waals surface area (Å²) in [6.45, 7) is 6.08. The summed E-state index contributed by atoms with van der Waals surface area (Å²) in [5, 5.41) is 12.4. The van der Waals surface area contributed by atoms with Gasteiger partial charge in [-0.25, -0.2) is 0 Å². The zero-order chi connectivity index (χ0) is 22.5. The number of rotatable bonds is 6. The first-order valence-corrected chi connectivity index (χ1v) is 11.5. The molecule has 3 aromatic carbocycles. The minimum absolute atomic E-state index is 0.0487. The molecule has 0 spiro atoms. The maximum absolute atomic E-state index is 12.4. The molecule has 0 aliphatic carbocycles. The summed E-state index contributed by atoms with van der Waals surface area (Å²) in [6, 6.07) is 26.6. The highest BCUT2D eigenvalue weighted by Gasteiger charge is 2.10. The number of hydrogen-bond acceptors (Lipinski definition) is 4. The van der Waals surface area contributed by atoms with Crippen LogP contribution in [-0.2, 0) is 4.79 Å². The fourth-order valence-electron chi connectivity index (χ4n) is 3.71. The van der Waals surface area contributed by atoms with Crippen molar-refractivity contribution >= 4 is 23.4 Å². The van der Waals surface area contributed by atoms with Crippen molar-refractivity contribution in [2.75, 3.05) is 11.1 Å². The molecule has 32 heavy (non-hydrogen) atoms. The molecule has 0 aliphatic heterocycles. The van der Waals surface area contributed by atoms with Crippen LogP contribution in [0.4, 0.5) is 5.69 Å². The number of aryl methyl sites for hydroxylation is 3. The third-order valence-electron chi connectivity index (χ3n) is 5.22. The van der Waals surface area contributed by atoms with E-state index < -0.39 is 0 Å². The number of nitrogens with one attached hydrogen (secondary N) is 1. The quantitative estimate of drug-likeness (QED) is 0.350. The van der Waals surface area contributed by atoms with Crippen LogP contribution >= 0.6 is 11.8 Å². The van der Waals surface area contributed by atoms with Crippen molar-refractivity contribution in [2.45, 2.75) is 25.8 Å². The van der Waals surface area contributed by atoms with Crippen molar-refractivity contribution < 1.29 is 4.79 Å². The van der Waals surface area contributed by atoms with Crippen molar-refractivity contribution in [2.24, 2.45) is 0 Å². The molecule has 0 radical (unpaired) electrons. The van der Waals surface area contributed by atoms with E-state index in [-0.39, 0.29) is 11.7 Å². The van der Waals surface area contributed by atoms with Crippen LogP contribution < -0.4 is 5.32 Å². The van der Waals surface area contributed by atoms with Gasteiger partial charge in [0.25, 0.3) is 0 Å². The maximum atomic E-state index is 12.4. The molecule has 1 N–H and O–H groups in total. The molecule has 4 rings (SSSR count). The molecule has 0 aliphatic rings. The first kappa shape index (κ1) is 21.8. The summed E-state index contributed by atoms with van der Waals surface area (Å²) in [4.78, 5) is 12.4. The smallest absolute Gasteiger partial charge is 0.234 e. The molecule has 0 saturated heterocycles. The Morgan fingerprint density at radius 3 is 2.03 bits per heavy atom. The van der Waals surface area contributed by atoms with E-state index in [1.807, 2.05) is 44.2 Å². The molecule has 0 fully saturated rings. The molecule has 4 nitrogen and oxygen atoms in total. The fraction of sp³-hybridized carbons (Fsp3) is 0.148. The Kier molecular flexibility index (Phi) is 6.66. The van der Waals surface area contributed by atoms with Crippen molar-refractivity contribution in [3.63, 3.8) is 0 Å². The van der Waals surface area contributed by atoms with Crippen LogP contribution in [0.15, 0.2) is 83.9 Å². The van der Waals surface area contributed by atoms with E-state index in [4.69, 9.17) is 0 Å². The van der Waals surface area contributed by atoms with Crippen LogP contribution in [0.5, 0.6) is 0 Å². The van der Waals surface area contributed by atoms with E-state index in [1.54, 1.807) is 0 Å². The standard InChI is InChI=1S/C27H25N3OS/c1-18-15-19(2)27(20(3)16-18)28-25(31)17-32-26-14-13-24(29-30-26)23-11-9-22(10-12-23)21-7-5-4-6-8-21/h4-16H,17H2,1-3H3,(H,28,31). The summed E-state index contributed by atoms with van der Waals surface area (Å²) in [7, 11) is 0. The zero-order valence-corrected chi connectivity index (χ0v) is 19.2. The Bertz CT molecular complexity index is 1200. The van der Waals surface area contributed by atoms with E-state index in [0.29, 0.717) is 0 Å². The maximum Gasteiger partial charge on any atom is 0.234 e. The Balaban J connectivity index is 1.36. The molecule has 0 bridgehead atoms. The number of amides is 1. The van der Waals surface area contributed by atoms with Gasteiger partial charge in [-0.05, 0) is 55.2 Å². The van der Waals surface area contributed by atoms with Crippen LogP contribution in [0.2, 0.25) is 0 Å². The predicted octanol–water partition coefficient (Wildman–Crippen LogP) is 6.47. The minimum Gasteiger partial charge on any atom is -0.325 e. The van der Waals surface area contributed by atoms with Crippen molar-refractivity contribution in [3.05, 3.63) is 95.6 Å². The van der Waals surface area contributed by atoms with E-state index in [2.05, 4.69) is 71.0 Å². The number of hydrogen-bond donors (Lipinski definition) is 1. The number of aromatic nitrogens is 2. The Morgan fingerprint density at radius 2 is 1.41 bits per heavy atom. The molecule has 5 heteroatoms. The van der Waals surface area contributed by atoms with Gasteiger partial charge < -0.3 is 5.32 Å². The molecular weight excluding hydrogens is 414 g/mol. The minimum atomic E-state index is -0.0487. The van der Waals surface area contributed by atoms with Gasteiger partial charge in [0.15, 0.2) is 0 Å². The first-order valence-electron chi connectivity index (χ1n) is 10.5. The lowest BCUT2D eigenvalue weighted by Crippen LogP contribution is -2.16. The normalized spacial score (nSPS) is 10.7. The molecular formula is C27H25N3OS. The Morgan fingerprint density at radius 1 is 0.781 bits per heavy atom. The van der Waals surface area contributed by atoms with Gasteiger partial charge >= 0.3 is 0 Å². The Hall–Kier alpha value is -3.44. The molecule has 0 saturated carbocycles. The van der Waals surface area contributed by atoms with Gasteiger partial charge in [0.2, 0.25) is 5.91 Å². The van der Waals surface area contributed by atoms with Crippen molar-refractivity contribution in [1.82, 2.24) is 10.2 Å². The topological polar surface area (TPSA) is 54.9 Å². The summed E-state index contributed by atoms with van der Waals surface area (Å²) >= 11 is 1.38. The second kappa shape index (κ2) is 9.79. The molecule has 0 atom stereocenters. The van der Waals surface area contributed by atoms with Gasteiger partial charge in [-0.2, -0.15) is 0 Å². The van der Waals surface area contributed by atoms with Gasteiger partial charge in [-0.15, -0.1) is 10.2 Å². The summed E-state index contributed by atoms with van der Waals surface area (Å²) in [5.41, 5.74) is 8.40. The average Bonchev–Trinajstić information content (AvgIpc) is 2.81. The highest BCUT2D eigenvalue weighted by Crippen LogP contribution is 2.25. The molecule has 160 valence electrons. The van der Waals surface area contributed by atoms with E-state index in [1.165, 1.54) is 28.5 Å². The summed E-state index contributed by atoms with van der Waals surface area (Å²) < 4.78 is 0. The summed E-state index contributed by atoms with van der Waals surface area (Å²) in [6.07, 6.45) is 0. The SMILES string of the molecule is Cc1cc(C)c(NC(=O)CSc2ccc(-c3ccc(-c4ccccc4)cc3)nn2)c(C)c1. The number of thioether (sulfide) groups is 1. The lowest BCUT2D eigenvalue weighted by molar-refractivity contribution is -0.113. The van der Waals surface area contributed by atoms with Crippen molar-refractivity contribution in [3.8, 4) is 22.4 Å². The lowest BCUT2D eigenvalue weighted by atomic mass is 10.0. The van der Waals surface area contributed by atoms with Crippen LogP contribution in [0.1, 0.15) is 16.7 Å². The van der Waals surface area contributed by atoms with Gasteiger partial charge in [0.1, 0.15) is 5.03 Å². The number of carbonyl (C=O) groups is 1.